The molecule has 0 aromatic heterocycles. The molecule has 2 N–H and O–H groups in total. The Bertz CT molecular complexity index is 443. The summed E-state index contributed by atoms with van der Waals surface area (Å²) in [5.74, 6) is -1.15. The van der Waals surface area contributed by atoms with Crippen LogP contribution in [0.15, 0.2) is 18.2 Å². The van der Waals surface area contributed by atoms with Crippen LogP contribution in [-0.2, 0) is 0 Å². The summed E-state index contributed by atoms with van der Waals surface area (Å²) in [5, 5.41) is 12.2. The molecule has 1 fully saturated rings. The van der Waals surface area contributed by atoms with E-state index in [9.17, 15) is 14.3 Å². The first kappa shape index (κ1) is 10.9. The standard InChI is InChI=1S/C12H14FNO2/c1-12(2)6-10(12)14-11(16)8-5-7(13)3-4-9(8)15/h3-5,10,15H,6H2,1-2H3,(H,14,16). The predicted octanol–water partition coefficient (Wildman–Crippen LogP) is 2.06. The maximum atomic E-state index is 12.9. The molecule has 1 aliphatic carbocycles. The Morgan fingerprint density at radius 2 is 2.19 bits per heavy atom. The molecule has 0 saturated heterocycles. The van der Waals surface area contributed by atoms with Crippen LogP contribution in [0.1, 0.15) is 30.6 Å². The van der Waals surface area contributed by atoms with Crippen LogP contribution in [0.3, 0.4) is 0 Å². The number of hydrogen-bond donors (Lipinski definition) is 2. The van der Waals surface area contributed by atoms with Gasteiger partial charge in [-0.05, 0) is 30.0 Å². The zero-order chi connectivity index (χ0) is 11.9. The highest BCUT2D eigenvalue weighted by atomic mass is 19.1. The van der Waals surface area contributed by atoms with Crippen LogP contribution in [-0.4, -0.2) is 17.1 Å². The lowest BCUT2D eigenvalue weighted by molar-refractivity contribution is 0.0943. The molecule has 16 heavy (non-hydrogen) atoms. The van der Waals surface area contributed by atoms with Gasteiger partial charge < -0.3 is 10.4 Å². The summed E-state index contributed by atoms with van der Waals surface area (Å²) < 4.78 is 12.9. The van der Waals surface area contributed by atoms with E-state index >= 15 is 0 Å². The second-order valence-electron chi connectivity index (χ2n) is 4.88. The van der Waals surface area contributed by atoms with Gasteiger partial charge in [-0.3, -0.25) is 4.79 Å². The molecular formula is C12H14FNO2. The van der Waals surface area contributed by atoms with Crippen molar-refractivity contribution in [2.45, 2.75) is 26.3 Å². The molecule has 0 spiro atoms. The first-order valence-corrected chi connectivity index (χ1v) is 5.19. The quantitative estimate of drug-likeness (QED) is 0.806. The van der Waals surface area contributed by atoms with E-state index in [1.165, 1.54) is 6.07 Å². The average molecular weight is 223 g/mol. The molecule has 1 atom stereocenters. The molecule has 1 amide bonds. The number of rotatable bonds is 2. The fourth-order valence-corrected chi connectivity index (χ4v) is 1.64. The molecule has 86 valence electrons. The molecule has 1 aromatic rings. The van der Waals surface area contributed by atoms with Gasteiger partial charge in [-0.1, -0.05) is 13.8 Å². The van der Waals surface area contributed by atoms with Crippen LogP contribution in [0, 0.1) is 11.2 Å². The smallest absolute Gasteiger partial charge is 0.255 e. The Morgan fingerprint density at radius 1 is 1.56 bits per heavy atom. The molecule has 3 nitrogen and oxygen atoms in total. The number of carbonyl (C=O) groups is 1. The van der Waals surface area contributed by atoms with Crippen molar-refractivity contribution >= 4 is 5.91 Å². The summed E-state index contributed by atoms with van der Waals surface area (Å²) in [7, 11) is 0. The molecule has 1 aromatic carbocycles. The molecule has 1 aliphatic rings. The van der Waals surface area contributed by atoms with E-state index in [0.717, 1.165) is 18.6 Å². The van der Waals surface area contributed by atoms with E-state index in [0.29, 0.717) is 0 Å². The van der Waals surface area contributed by atoms with E-state index in [-0.39, 0.29) is 22.8 Å². The fourth-order valence-electron chi connectivity index (χ4n) is 1.64. The van der Waals surface area contributed by atoms with Gasteiger partial charge in [0.05, 0.1) is 5.56 Å². The molecule has 1 saturated carbocycles. The monoisotopic (exact) mass is 223 g/mol. The van der Waals surface area contributed by atoms with Crippen molar-refractivity contribution in [1.82, 2.24) is 5.32 Å². The zero-order valence-corrected chi connectivity index (χ0v) is 9.25. The SMILES string of the molecule is CC1(C)CC1NC(=O)c1cc(F)ccc1O. The van der Waals surface area contributed by atoms with Crippen molar-refractivity contribution in [3.8, 4) is 5.75 Å². The molecule has 0 bridgehead atoms. The number of phenols is 1. The number of carbonyl (C=O) groups excluding carboxylic acids is 1. The lowest BCUT2D eigenvalue weighted by atomic mass is 10.1. The first-order valence-electron chi connectivity index (χ1n) is 5.19. The third-order valence-electron chi connectivity index (χ3n) is 3.02. The Balaban J connectivity index is 2.12. The van der Waals surface area contributed by atoms with Crippen molar-refractivity contribution in [2.24, 2.45) is 5.41 Å². The number of benzene rings is 1. The van der Waals surface area contributed by atoms with E-state index < -0.39 is 11.7 Å². The third kappa shape index (κ3) is 2.01. The molecule has 2 rings (SSSR count). The third-order valence-corrected chi connectivity index (χ3v) is 3.02. The summed E-state index contributed by atoms with van der Waals surface area (Å²) in [5.41, 5.74) is 0.0983. The summed E-state index contributed by atoms with van der Waals surface area (Å²) in [4.78, 5) is 11.7. The van der Waals surface area contributed by atoms with Crippen molar-refractivity contribution in [2.75, 3.05) is 0 Å². The second-order valence-corrected chi connectivity index (χ2v) is 4.88. The molecule has 4 heteroatoms. The number of halogens is 1. The molecule has 0 radical (unpaired) electrons. The second kappa shape index (κ2) is 3.47. The minimum atomic E-state index is -0.530. The number of hydrogen-bond acceptors (Lipinski definition) is 2. The number of aromatic hydroxyl groups is 1. The minimum absolute atomic E-state index is 0.0114. The van der Waals surface area contributed by atoms with Crippen molar-refractivity contribution in [3.05, 3.63) is 29.6 Å². The topological polar surface area (TPSA) is 49.3 Å². The van der Waals surface area contributed by atoms with Crippen LogP contribution in [0.4, 0.5) is 4.39 Å². The van der Waals surface area contributed by atoms with Crippen molar-refractivity contribution in [1.29, 1.82) is 0 Å². The molecule has 0 heterocycles. The van der Waals surface area contributed by atoms with E-state index in [1.807, 2.05) is 13.8 Å². The Morgan fingerprint density at radius 3 is 2.75 bits per heavy atom. The molecule has 1 unspecified atom stereocenters. The van der Waals surface area contributed by atoms with Gasteiger partial charge in [-0.2, -0.15) is 0 Å². The van der Waals surface area contributed by atoms with Crippen LogP contribution >= 0.6 is 0 Å². The van der Waals surface area contributed by atoms with E-state index in [2.05, 4.69) is 5.32 Å². The molecular weight excluding hydrogens is 209 g/mol. The summed E-state index contributed by atoms with van der Waals surface area (Å²) >= 11 is 0. The highest BCUT2D eigenvalue weighted by molar-refractivity contribution is 5.97. The highest BCUT2D eigenvalue weighted by Crippen LogP contribution is 2.44. The van der Waals surface area contributed by atoms with Crippen LogP contribution in [0.25, 0.3) is 0 Å². The van der Waals surface area contributed by atoms with Gasteiger partial charge in [-0.15, -0.1) is 0 Å². The van der Waals surface area contributed by atoms with E-state index in [1.54, 1.807) is 0 Å². The number of phenolic OH excluding ortho intramolecular Hbond substituents is 1. The lowest BCUT2D eigenvalue weighted by Gasteiger charge is -2.08. The Hall–Kier alpha value is -1.58. The van der Waals surface area contributed by atoms with Gasteiger partial charge in [0.1, 0.15) is 11.6 Å². The van der Waals surface area contributed by atoms with Gasteiger partial charge in [-0.25, -0.2) is 4.39 Å². The van der Waals surface area contributed by atoms with Gasteiger partial charge in [0.2, 0.25) is 0 Å². The summed E-state index contributed by atoms with van der Waals surface area (Å²) in [6.45, 7) is 4.09. The van der Waals surface area contributed by atoms with E-state index in [4.69, 9.17) is 0 Å². The van der Waals surface area contributed by atoms with Crippen molar-refractivity contribution < 1.29 is 14.3 Å². The van der Waals surface area contributed by atoms with Crippen LogP contribution in [0.2, 0.25) is 0 Å². The minimum Gasteiger partial charge on any atom is -0.507 e. The largest absolute Gasteiger partial charge is 0.507 e. The van der Waals surface area contributed by atoms with Crippen molar-refractivity contribution in [3.63, 3.8) is 0 Å². The van der Waals surface area contributed by atoms with Gasteiger partial charge in [0, 0.05) is 6.04 Å². The lowest BCUT2D eigenvalue weighted by Crippen LogP contribution is -2.28. The average Bonchev–Trinajstić information content (AvgIpc) is 2.77. The fraction of sp³-hybridized carbons (Fsp3) is 0.417. The highest BCUT2D eigenvalue weighted by Gasteiger charge is 2.46. The maximum absolute atomic E-state index is 12.9. The van der Waals surface area contributed by atoms with Gasteiger partial charge in [0.25, 0.3) is 5.91 Å². The molecule has 0 aliphatic heterocycles. The predicted molar refractivity (Wildman–Crippen MR) is 57.7 cm³/mol. The number of amides is 1. The summed E-state index contributed by atoms with van der Waals surface area (Å²) in [6, 6.07) is 3.46. The maximum Gasteiger partial charge on any atom is 0.255 e. The summed E-state index contributed by atoms with van der Waals surface area (Å²) in [6.07, 6.45) is 0.912. The first-order chi connectivity index (χ1) is 7.40. The van der Waals surface area contributed by atoms with Gasteiger partial charge in [0.15, 0.2) is 0 Å². The Kier molecular flexibility index (Phi) is 2.37. The van der Waals surface area contributed by atoms with Crippen LogP contribution in [0.5, 0.6) is 5.75 Å². The number of nitrogens with one attached hydrogen (secondary N) is 1. The normalized spacial score (nSPS) is 21.6. The van der Waals surface area contributed by atoms with Crippen LogP contribution < -0.4 is 5.32 Å². The van der Waals surface area contributed by atoms with Gasteiger partial charge >= 0.3 is 0 Å². The Labute approximate surface area is 93.3 Å². The zero-order valence-electron chi connectivity index (χ0n) is 9.25.